The van der Waals surface area contributed by atoms with Crippen molar-refractivity contribution < 1.29 is 19.4 Å². The Morgan fingerprint density at radius 2 is 1.96 bits per heavy atom. The standard InChI is InChI=1S/C20H23NO4/c1-14-11-16-5-3-4-6-19(16)21(14)12-17(22)13-25-18-9-7-15(8-10-18)20(23)24-2/h3-10,14,17,22H,11-13H2,1-2H3. The van der Waals surface area contributed by atoms with Gasteiger partial charge in [-0.15, -0.1) is 0 Å². The first-order chi connectivity index (χ1) is 12.1. The number of aliphatic hydroxyl groups excluding tert-OH is 1. The number of carbonyl (C=O) groups is 1. The van der Waals surface area contributed by atoms with Crippen molar-refractivity contribution in [2.45, 2.75) is 25.5 Å². The van der Waals surface area contributed by atoms with Gasteiger partial charge in [-0.3, -0.25) is 0 Å². The summed E-state index contributed by atoms with van der Waals surface area (Å²) in [6.45, 7) is 2.89. The summed E-state index contributed by atoms with van der Waals surface area (Å²) in [6, 6.07) is 15.4. The zero-order valence-electron chi connectivity index (χ0n) is 14.5. The van der Waals surface area contributed by atoms with E-state index in [0.717, 1.165) is 6.42 Å². The number of methoxy groups -OCH3 is 1. The van der Waals surface area contributed by atoms with Gasteiger partial charge < -0.3 is 19.5 Å². The molecule has 1 N–H and O–H groups in total. The number of hydrogen-bond acceptors (Lipinski definition) is 5. The van der Waals surface area contributed by atoms with E-state index >= 15 is 0 Å². The molecular weight excluding hydrogens is 318 g/mol. The zero-order chi connectivity index (χ0) is 17.8. The van der Waals surface area contributed by atoms with Gasteiger partial charge in [0, 0.05) is 18.3 Å². The highest BCUT2D eigenvalue weighted by atomic mass is 16.5. The predicted octanol–water partition coefficient (Wildman–Crippen LogP) is 2.66. The van der Waals surface area contributed by atoms with Crippen LogP contribution >= 0.6 is 0 Å². The molecule has 3 rings (SSSR count). The van der Waals surface area contributed by atoms with Gasteiger partial charge in [0.05, 0.1) is 12.7 Å². The van der Waals surface area contributed by atoms with Gasteiger partial charge in [0.2, 0.25) is 0 Å². The van der Waals surface area contributed by atoms with Crippen LogP contribution in [0.2, 0.25) is 0 Å². The van der Waals surface area contributed by atoms with E-state index in [1.54, 1.807) is 24.3 Å². The van der Waals surface area contributed by atoms with Gasteiger partial charge in [0.1, 0.15) is 18.5 Å². The highest BCUT2D eigenvalue weighted by molar-refractivity contribution is 5.89. The highest BCUT2D eigenvalue weighted by Crippen LogP contribution is 2.31. The molecule has 0 fully saturated rings. The van der Waals surface area contributed by atoms with E-state index in [0.29, 0.717) is 23.9 Å². The summed E-state index contributed by atoms with van der Waals surface area (Å²) in [6.07, 6.45) is 0.396. The van der Waals surface area contributed by atoms with Gasteiger partial charge in [0.25, 0.3) is 0 Å². The van der Waals surface area contributed by atoms with E-state index in [2.05, 4.69) is 28.7 Å². The number of rotatable bonds is 6. The molecular formula is C20H23NO4. The average molecular weight is 341 g/mol. The van der Waals surface area contributed by atoms with Crippen LogP contribution in [-0.2, 0) is 11.2 Å². The van der Waals surface area contributed by atoms with Crippen molar-refractivity contribution in [1.29, 1.82) is 0 Å². The van der Waals surface area contributed by atoms with E-state index in [1.807, 2.05) is 12.1 Å². The number of benzene rings is 2. The molecule has 0 spiro atoms. The van der Waals surface area contributed by atoms with Crippen LogP contribution in [0.4, 0.5) is 5.69 Å². The van der Waals surface area contributed by atoms with Crippen LogP contribution in [0.25, 0.3) is 0 Å². The summed E-state index contributed by atoms with van der Waals surface area (Å²) in [5, 5.41) is 10.4. The molecule has 0 aromatic heterocycles. The lowest BCUT2D eigenvalue weighted by molar-refractivity contribution is 0.0600. The van der Waals surface area contributed by atoms with Crippen LogP contribution in [0, 0.1) is 0 Å². The Kier molecular flexibility index (Phi) is 5.24. The maximum absolute atomic E-state index is 11.4. The monoisotopic (exact) mass is 341 g/mol. The molecule has 2 atom stereocenters. The Balaban J connectivity index is 1.55. The fourth-order valence-electron chi connectivity index (χ4n) is 3.19. The summed E-state index contributed by atoms with van der Waals surface area (Å²) < 4.78 is 10.3. The van der Waals surface area contributed by atoms with Crippen LogP contribution < -0.4 is 9.64 Å². The molecule has 1 aliphatic rings. The smallest absolute Gasteiger partial charge is 0.337 e. The first-order valence-electron chi connectivity index (χ1n) is 8.42. The lowest BCUT2D eigenvalue weighted by Gasteiger charge is -2.27. The average Bonchev–Trinajstić information content (AvgIpc) is 2.95. The fourth-order valence-corrected chi connectivity index (χ4v) is 3.19. The van der Waals surface area contributed by atoms with Crippen molar-refractivity contribution in [3.05, 3.63) is 59.7 Å². The SMILES string of the molecule is COC(=O)c1ccc(OCC(O)CN2c3ccccc3CC2C)cc1. The molecule has 0 saturated carbocycles. The molecule has 132 valence electrons. The first kappa shape index (κ1) is 17.3. The van der Waals surface area contributed by atoms with Gasteiger partial charge in [-0.25, -0.2) is 4.79 Å². The molecule has 2 aromatic rings. The van der Waals surface area contributed by atoms with Crippen molar-refractivity contribution >= 4 is 11.7 Å². The topological polar surface area (TPSA) is 59.0 Å². The third-order valence-corrected chi connectivity index (χ3v) is 4.47. The van der Waals surface area contributed by atoms with Crippen molar-refractivity contribution in [1.82, 2.24) is 0 Å². The normalized spacial score (nSPS) is 17.1. The number of β-amino-alcohol motifs (C(OH)–C–C–N with tert-alkyl or cyclic N) is 1. The molecule has 1 heterocycles. The highest BCUT2D eigenvalue weighted by Gasteiger charge is 2.27. The predicted molar refractivity (Wildman–Crippen MR) is 96.2 cm³/mol. The quantitative estimate of drug-likeness (QED) is 0.819. The summed E-state index contributed by atoms with van der Waals surface area (Å²) in [4.78, 5) is 13.6. The largest absolute Gasteiger partial charge is 0.491 e. The number of para-hydroxylation sites is 1. The van der Waals surface area contributed by atoms with Gasteiger partial charge in [-0.2, -0.15) is 0 Å². The van der Waals surface area contributed by atoms with E-state index in [-0.39, 0.29) is 12.6 Å². The van der Waals surface area contributed by atoms with Gasteiger partial charge >= 0.3 is 5.97 Å². The van der Waals surface area contributed by atoms with Crippen LogP contribution in [0.5, 0.6) is 5.75 Å². The van der Waals surface area contributed by atoms with Crippen LogP contribution in [0.15, 0.2) is 48.5 Å². The van der Waals surface area contributed by atoms with Crippen LogP contribution in [0.3, 0.4) is 0 Å². The second kappa shape index (κ2) is 7.57. The van der Waals surface area contributed by atoms with Crippen LogP contribution in [-0.4, -0.2) is 43.5 Å². The fraction of sp³-hybridized carbons (Fsp3) is 0.350. The van der Waals surface area contributed by atoms with E-state index < -0.39 is 6.10 Å². The Morgan fingerprint density at radius 3 is 2.68 bits per heavy atom. The Bertz CT molecular complexity index is 729. The minimum Gasteiger partial charge on any atom is -0.491 e. The lowest BCUT2D eigenvalue weighted by Crippen LogP contribution is -2.39. The second-order valence-corrected chi connectivity index (χ2v) is 6.32. The molecule has 5 nitrogen and oxygen atoms in total. The summed E-state index contributed by atoms with van der Waals surface area (Å²) in [5.41, 5.74) is 2.98. The maximum atomic E-state index is 11.4. The van der Waals surface area contributed by atoms with Gasteiger partial charge in [0.15, 0.2) is 0 Å². The second-order valence-electron chi connectivity index (χ2n) is 6.32. The number of anilines is 1. The van der Waals surface area contributed by atoms with Crippen molar-refractivity contribution in [3.63, 3.8) is 0 Å². The van der Waals surface area contributed by atoms with E-state index in [4.69, 9.17) is 4.74 Å². The number of ether oxygens (including phenoxy) is 2. The lowest BCUT2D eigenvalue weighted by atomic mass is 10.1. The van der Waals surface area contributed by atoms with Gasteiger partial charge in [-0.1, -0.05) is 18.2 Å². The number of nitrogens with zero attached hydrogens (tertiary/aromatic N) is 1. The molecule has 2 unspecified atom stereocenters. The third kappa shape index (κ3) is 3.94. The van der Waals surface area contributed by atoms with Crippen molar-refractivity contribution in [2.75, 3.05) is 25.2 Å². The number of esters is 1. The summed E-state index contributed by atoms with van der Waals surface area (Å²) >= 11 is 0. The van der Waals surface area contributed by atoms with Crippen LogP contribution in [0.1, 0.15) is 22.8 Å². The van der Waals surface area contributed by atoms with Crippen molar-refractivity contribution in [3.8, 4) is 5.75 Å². The Morgan fingerprint density at radius 1 is 1.24 bits per heavy atom. The number of fused-ring (bicyclic) bond motifs is 1. The minimum atomic E-state index is -0.603. The first-order valence-corrected chi connectivity index (χ1v) is 8.42. The van der Waals surface area contributed by atoms with Crippen molar-refractivity contribution in [2.24, 2.45) is 0 Å². The number of carbonyl (C=O) groups excluding carboxylic acids is 1. The minimum absolute atomic E-state index is 0.197. The molecule has 0 radical (unpaired) electrons. The maximum Gasteiger partial charge on any atom is 0.337 e. The Labute approximate surface area is 147 Å². The number of hydrogen-bond donors (Lipinski definition) is 1. The number of aliphatic hydroxyl groups is 1. The molecule has 5 heteroatoms. The third-order valence-electron chi connectivity index (χ3n) is 4.47. The van der Waals surface area contributed by atoms with E-state index in [9.17, 15) is 9.90 Å². The zero-order valence-corrected chi connectivity index (χ0v) is 14.5. The molecule has 0 amide bonds. The molecule has 0 bridgehead atoms. The Hall–Kier alpha value is -2.53. The van der Waals surface area contributed by atoms with E-state index in [1.165, 1.54) is 18.4 Å². The summed E-state index contributed by atoms with van der Waals surface area (Å²) in [5.74, 6) is 0.231. The van der Waals surface area contributed by atoms with Gasteiger partial charge in [-0.05, 0) is 49.2 Å². The molecule has 25 heavy (non-hydrogen) atoms. The summed E-state index contributed by atoms with van der Waals surface area (Å²) in [7, 11) is 1.35. The molecule has 2 aromatic carbocycles. The molecule has 0 aliphatic carbocycles. The molecule has 0 saturated heterocycles. The molecule has 1 aliphatic heterocycles.